The lowest BCUT2D eigenvalue weighted by Crippen LogP contribution is -2.24. The summed E-state index contributed by atoms with van der Waals surface area (Å²) in [5.74, 6) is -0.574. The number of benzene rings is 1. The second kappa shape index (κ2) is 6.42. The van der Waals surface area contributed by atoms with Crippen molar-refractivity contribution in [2.75, 3.05) is 0 Å². The third-order valence-electron chi connectivity index (χ3n) is 3.10. The number of aryl methyl sites for hydroxylation is 1. The van der Waals surface area contributed by atoms with E-state index in [9.17, 15) is 4.79 Å². The number of nitrogens with zero attached hydrogens (tertiary/aromatic N) is 3. The minimum absolute atomic E-state index is 0.0852. The molecule has 0 bridgehead atoms. The van der Waals surface area contributed by atoms with Crippen LogP contribution in [0.2, 0.25) is 5.02 Å². The summed E-state index contributed by atoms with van der Waals surface area (Å²) in [7, 11) is 0. The van der Waals surface area contributed by atoms with Crippen LogP contribution in [-0.2, 0) is 10.4 Å². The van der Waals surface area contributed by atoms with Gasteiger partial charge < -0.3 is 10.6 Å². The highest BCUT2D eigenvalue weighted by molar-refractivity contribution is 6.30. The molecule has 0 aliphatic rings. The van der Waals surface area contributed by atoms with Crippen LogP contribution in [0.4, 0.5) is 0 Å². The van der Waals surface area contributed by atoms with E-state index < -0.39 is 5.97 Å². The Hall–Kier alpha value is -2.34. The highest BCUT2D eigenvalue weighted by atomic mass is 35.5. The molecule has 0 fully saturated rings. The van der Waals surface area contributed by atoms with Crippen molar-refractivity contribution in [1.82, 2.24) is 9.78 Å². The Bertz CT molecular complexity index is 742. The van der Waals surface area contributed by atoms with Gasteiger partial charge in [0, 0.05) is 16.3 Å². The zero-order valence-electron chi connectivity index (χ0n) is 13.5. The van der Waals surface area contributed by atoms with E-state index in [2.05, 4.69) is 10.3 Å². The molecule has 0 amide bonds. The number of hydrogen-bond donors (Lipinski definition) is 1. The average molecular weight is 335 g/mol. The largest absolute Gasteiger partial charge is 0.385 e. The number of halogens is 1. The number of carbonyl (C=O) groups excluding carboxylic acids is 1. The zero-order chi connectivity index (χ0) is 17.2. The van der Waals surface area contributed by atoms with Crippen LogP contribution < -0.4 is 5.73 Å². The Morgan fingerprint density at radius 2 is 1.91 bits per heavy atom. The number of carbonyl (C=O) groups is 1. The van der Waals surface area contributed by atoms with Gasteiger partial charge in [-0.05, 0) is 58.0 Å². The Balaban J connectivity index is 2.13. The molecule has 1 heterocycles. The summed E-state index contributed by atoms with van der Waals surface area (Å²) in [4.78, 5) is 16.9. The van der Waals surface area contributed by atoms with Crippen LogP contribution in [0.25, 0.3) is 0 Å². The van der Waals surface area contributed by atoms with Crippen LogP contribution in [0.1, 0.15) is 42.5 Å². The van der Waals surface area contributed by atoms with Gasteiger partial charge in [0.05, 0.1) is 5.54 Å². The van der Waals surface area contributed by atoms with E-state index in [0.717, 1.165) is 5.69 Å². The van der Waals surface area contributed by atoms with Gasteiger partial charge in [0.15, 0.2) is 11.5 Å². The summed E-state index contributed by atoms with van der Waals surface area (Å²) in [6.07, 6.45) is 0. The number of rotatable bonds is 3. The van der Waals surface area contributed by atoms with Gasteiger partial charge in [-0.3, -0.25) is 4.68 Å². The molecule has 2 rings (SSSR count). The van der Waals surface area contributed by atoms with Crippen molar-refractivity contribution >= 4 is 23.4 Å². The summed E-state index contributed by atoms with van der Waals surface area (Å²) >= 11 is 5.80. The summed E-state index contributed by atoms with van der Waals surface area (Å²) in [5.41, 5.74) is 7.21. The van der Waals surface area contributed by atoms with Gasteiger partial charge in [0.1, 0.15) is 0 Å². The lowest BCUT2D eigenvalue weighted by Gasteiger charge is -2.20. The van der Waals surface area contributed by atoms with Crippen LogP contribution >= 0.6 is 11.6 Å². The fourth-order valence-electron chi connectivity index (χ4n) is 2.06. The molecule has 6 nitrogen and oxygen atoms in total. The first kappa shape index (κ1) is 17.0. The molecule has 2 aromatic rings. The molecular weight excluding hydrogens is 316 g/mol. The molecule has 1 aromatic carbocycles. The number of amidine groups is 1. The van der Waals surface area contributed by atoms with Crippen LogP contribution in [0, 0.1) is 6.92 Å². The second-order valence-electron chi connectivity index (χ2n) is 6.12. The third kappa shape index (κ3) is 4.10. The van der Waals surface area contributed by atoms with Gasteiger partial charge in [-0.1, -0.05) is 16.8 Å². The molecule has 0 spiro atoms. The Morgan fingerprint density at radius 1 is 1.30 bits per heavy atom. The van der Waals surface area contributed by atoms with Gasteiger partial charge in [0.25, 0.3) is 0 Å². The van der Waals surface area contributed by atoms with E-state index >= 15 is 0 Å². The smallest absolute Gasteiger partial charge is 0.380 e. The van der Waals surface area contributed by atoms with Crippen molar-refractivity contribution in [1.29, 1.82) is 0 Å². The van der Waals surface area contributed by atoms with Gasteiger partial charge in [-0.2, -0.15) is 5.10 Å². The van der Waals surface area contributed by atoms with Gasteiger partial charge >= 0.3 is 5.97 Å². The lowest BCUT2D eigenvalue weighted by molar-refractivity contribution is 0.0507. The number of oxime groups is 1. The van der Waals surface area contributed by atoms with Crippen LogP contribution in [0.5, 0.6) is 0 Å². The maximum absolute atomic E-state index is 12.0. The van der Waals surface area contributed by atoms with Gasteiger partial charge in [-0.15, -0.1) is 0 Å². The number of nitrogens with two attached hydrogens (primary N) is 1. The Labute approximate surface area is 139 Å². The molecule has 0 unspecified atom stereocenters. The molecule has 0 aliphatic heterocycles. The molecule has 0 saturated heterocycles. The Morgan fingerprint density at radius 3 is 2.43 bits per heavy atom. The standard InChI is InChI=1S/C16H19ClN4O2/c1-10-9-13(19-21(10)16(2,3)4)15(22)23-20-14(18)11-5-7-12(17)8-6-11/h5-9H,1-4H3,(H2,18,20). The maximum Gasteiger partial charge on any atom is 0.385 e. The van der Waals surface area contributed by atoms with Crippen LogP contribution in [0.3, 0.4) is 0 Å². The number of aromatic nitrogens is 2. The molecule has 2 N–H and O–H groups in total. The molecular formula is C16H19ClN4O2. The Kier molecular flexibility index (Phi) is 4.75. The van der Waals surface area contributed by atoms with Gasteiger partial charge in [-0.25, -0.2) is 4.79 Å². The van der Waals surface area contributed by atoms with E-state index in [0.29, 0.717) is 10.6 Å². The SMILES string of the molecule is Cc1cc(C(=O)O/N=C(\N)c2ccc(Cl)cc2)nn1C(C)(C)C. The predicted molar refractivity (Wildman–Crippen MR) is 89.6 cm³/mol. The molecule has 23 heavy (non-hydrogen) atoms. The molecule has 122 valence electrons. The summed E-state index contributed by atoms with van der Waals surface area (Å²) in [6, 6.07) is 8.38. The fraction of sp³-hybridized carbons (Fsp3) is 0.312. The first-order valence-corrected chi connectivity index (χ1v) is 7.44. The topological polar surface area (TPSA) is 82.5 Å². The molecule has 1 aromatic heterocycles. The predicted octanol–water partition coefficient (Wildman–Crippen LogP) is 3.08. The molecule has 7 heteroatoms. The van der Waals surface area contributed by atoms with E-state index in [1.807, 2.05) is 27.7 Å². The average Bonchev–Trinajstić information content (AvgIpc) is 2.87. The number of hydrogen-bond acceptors (Lipinski definition) is 4. The highest BCUT2D eigenvalue weighted by Gasteiger charge is 2.21. The van der Waals surface area contributed by atoms with Crippen molar-refractivity contribution in [2.24, 2.45) is 10.9 Å². The summed E-state index contributed by atoms with van der Waals surface area (Å²) < 4.78 is 1.76. The second-order valence-corrected chi connectivity index (χ2v) is 6.55. The van der Waals surface area contributed by atoms with Crippen LogP contribution in [0.15, 0.2) is 35.5 Å². The maximum atomic E-state index is 12.0. The summed E-state index contributed by atoms with van der Waals surface area (Å²) in [6.45, 7) is 7.87. The van der Waals surface area contributed by atoms with Crippen molar-refractivity contribution in [3.8, 4) is 0 Å². The van der Waals surface area contributed by atoms with E-state index in [1.54, 1.807) is 35.0 Å². The van der Waals surface area contributed by atoms with Crippen molar-refractivity contribution in [2.45, 2.75) is 33.2 Å². The normalized spacial score (nSPS) is 12.3. The molecule has 0 atom stereocenters. The monoisotopic (exact) mass is 334 g/mol. The first-order valence-electron chi connectivity index (χ1n) is 7.06. The summed E-state index contributed by atoms with van der Waals surface area (Å²) in [5, 5.41) is 8.50. The zero-order valence-corrected chi connectivity index (χ0v) is 14.3. The van der Waals surface area contributed by atoms with Crippen molar-refractivity contribution < 1.29 is 9.63 Å². The van der Waals surface area contributed by atoms with E-state index in [-0.39, 0.29) is 17.1 Å². The fourth-order valence-corrected chi connectivity index (χ4v) is 2.19. The highest BCUT2D eigenvalue weighted by Crippen LogP contribution is 2.17. The quantitative estimate of drug-likeness (QED) is 0.404. The third-order valence-corrected chi connectivity index (χ3v) is 3.35. The molecule has 0 radical (unpaired) electrons. The first-order chi connectivity index (χ1) is 10.7. The van der Waals surface area contributed by atoms with Crippen molar-refractivity contribution in [3.63, 3.8) is 0 Å². The molecule has 0 aliphatic carbocycles. The van der Waals surface area contributed by atoms with Crippen LogP contribution in [-0.4, -0.2) is 21.6 Å². The lowest BCUT2D eigenvalue weighted by atomic mass is 10.1. The molecule has 0 saturated carbocycles. The van der Waals surface area contributed by atoms with Gasteiger partial charge in [0.2, 0.25) is 0 Å². The van der Waals surface area contributed by atoms with E-state index in [1.165, 1.54) is 0 Å². The minimum atomic E-state index is -0.659. The van der Waals surface area contributed by atoms with E-state index in [4.69, 9.17) is 22.2 Å². The van der Waals surface area contributed by atoms with Crippen molar-refractivity contribution in [3.05, 3.63) is 52.3 Å². The minimum Gasteiger partial charge on any atom is -0.380 e.